The number of carbonyl (C=O) groups excluding carboxylic acids is 3. The number of benzene rings is 2. The third-order valence-electron chi connectivity index (χ3n) is 8.63. The Morgan fingerprint density at radius 3 is 1.60 bits per heavy atom. The highest BCUT2D eigenvalue weighted by Crippen LogP contribution is 2.43. The summed E-state index contributed by atoms with van der Waals surface area (Å²) in [6.07, 6.45) is 2.91. The van der Waals surface area contributed by atoms with Gasteiger partial charge in [0.15, 0.2) is 34.3 Å². The first-order valence-corrected chi connectivity index (χ1v) is 22.4. The molecule has 6 aromatic heterocycles. The van der Waals surface area contributed by atoms with Crippen LogP contribution in [0, 0.1) is 0 Å². The molecule has 8 aromatic rings. The molecule has 0 unspecified atom stereocenters. The normalized spacial score (nSPS) is 10.6. The van der Waals surface area contributed by atoms with Gasteiger partial charge in [-0.3, -0.25) is 28.8 Å². The number of hydrogen-bond acceptors (Lipinski definition) is 15. The maximum absolute atomic E-state index is 12.5. The highest BCUT2D eigenvalue weighted by Gasteiger charge is 2.23. The van der Waals surface area contributed by atoms with Gasteiger partial charge in [0.05, 0.1) is 27.4 Å². The van der Waals surface area contributed by atoms with Crippen molar-refractivity contribution in [2.75, 3.05) is 19.6 Å². The molecular weight excluding hydrogens is 1040 g/mol. The van der Waals surface area contributed by atoms with E-state index in [1.54, 1.807) is 12.1 Å². The molecule has 332 valence electrons. The Balaban J connectivity index is 0.000000170. The molecule has 0 atom stereocenters. The lowest BCUT2D eigenvalue weighted by molar-refractivity contribution is -0.136. The predicted octanol–water partition coefficient (Wildman–Crippen LogP) is 7.31. The van der Waals surface area contributed by atoms with Gasteiger partial charge in [0, 0.05) is 39.0 Å². The van der Waals surface area contributed by atoms with Gasteiger partial charge in [0.25, 0.3) is 17.7 Å². The zero-order valence-corrected chi connectivity index (χ0v) is 38.4. The van der Waals surface area contributed by atoms with Crippen molar-refractivity contribution in [1.82, 2.24) is 30.9 Å². The number of pyridine rings is 3. The third-order valence-corrected chi connectivity index (χ3v) is 13.0. The van der Waals surface area contributed by atoms with E-state index in [1.807, 2.05) is 66.7 Å². The summed E-state index contributed by atoms with van der Waals surface area (Å²) in [6.45, 7) is -1.60. The number of carboxylic acids is 3. The Labute approximate surface area is 394 Å². The van der Waals surface area contributed by atoms with Crippen molar-refractivity contribution in [3.63, 3.8) is 0 Å². The summed E-state index contributed by atoms with van der Waals surface area (Å²) < 4.78 is 3.62. The van der Waals surface area contributed by atoms with Crippen molar-refractivity contribution in [3.8, 4) is 38.9 Å². The summed E-state index contributed by atoms with van der Waals surface area (Å²) in [4.78, 5) is 80.2. The molecule has 0 saturated heterocycles. The number of rotatable bonds is 11. The van der Waals surface area contributed by atoms with Crippen molar-refractivity contribution >= 4 is 132 Å². The second-order valence-electron chi connectivity index (χ2n) is 13.0. The highest BCUT2D eigenvalue weighted by molar-refractivity contribution is 9.11. The van der Waals surface area contributed by atoms with Gasteiger partial charge >= 0.3 is 17.9 Å². The average Bonchev–Trinajstić information content (AvgIpc) is 4.02. The van der Waals surface area contributed by atoms with Crippen LogP contribution in [0.2, 0.25) is 0 Å². The molecule has 0 bridgehead atoms. The Kier molecular flexibility index (Phi) is 15.4. The maximum atomic E-state index is 12.5. The molecule has 0 spiro atoms. The van der Waals surface area contributed by atoms with Crippen LogP contribution in [-0.2, 0) is 14.4 Å². The van der Waals surface area contributed by atoms with Crippen LogP contribution in [0.25, 0.3) is 52.0 Å². The molecule has 65 heavy (non-hydrogen) atoms. The summed E-state index contributed by atoms with van der Waals surface area (Å²) in [6, 6.07) is 24.4. The van der Waals surface area contributed by atoms with Crippen molar-refractivity contribution in [1.29, 1.82) is 0 Å². The second kappa shape index (κ2) is 21.1. The first-order valence-electron chi connectivity index (χ1n) is 18.3. The highest BCUT2D eigenvalue weighted by atomic mass is 79.9. The number of carbonyl (C=O) groups is 6. The molecule has 0 aliphatic heterocycles. The quantitative estimate of drug-likeness (QED) is 0.0614. The molecule has 18 nitrogen and oxygen atoms in total. The van der Waals surface area contributed by atoms with Crippen LogP contribution < -0.4 is 16.0 Å². The molecule has 9 N–H and O–H groups in total. The van der Waals surface area contributed by atoms with E-state index in [0.717, 1.165) is 33.0 Å². The van der Waals surface area contributed by atoms with Crippen LogP contribution in [0.1, 0.15) is 31.5 Å². The van der Waals surface area contributed by atoms with Crippen LogP contribution in [0.15, 0.2) is 98.8 Å². The number of aromatic nitrogens is 3. The molecule has 2 aromatic carbocycles. The first-order chi connectivity index (χ1) is 31.0. The Bertz CT molecular complexity index is 3010. The number of carboxylic acid groups (broad SMARTS) is 3. The van der Waals surface area contributed by atoms with Gasteiger partial charge in [-0.15, -0.1) is 34.0 Å². The summed E-state index contributed by atoms with van der Waals surface area (Å²) in [5, 5.41) is 64.6. The standard InChI is InChI=1S/C22H16N2O4S.2C10H7BrN2O4S/c25-17(26)12-23-22(28)19-20(27)15-11-16(13-7-3-1-4-8-13)29-21(15)18(24-19)14-9-5-2-6-10-14;11-6-1-4-5(18-6)2-12-8(9(4)16)10(17)13-3-7(14)15;11-5-1-4-2-12-7(8(16)9(4)18-5)10(17)13-3-6(14)15/h1-11,27H,12H2,(H,23,28)(H,25,26);2*1-2,16H,3H2,(H,13,17)(H,14,15). The lowest BCUT2D eigenvalue weighted by Gasteiger charge is -2.09. The van der Waals surface area contributed by atoms with Crippen LogP contribution in [0.4, 0.5) is 0 Å². The van der Waals surface area contributed by atoms with Gasteiger partial charge in [-0.2, -0.15) is 0 Å². The van der Waals surface area contributed by atoms with E-state index in [1.165, 1.54) is 46.4 Å². The van der Waals surface area contributed by atoms with Gasteiger partial charge in [-0.05, 0) is 55.6 Å². The Morgan fingerprint density at radius 1 is 0.538 bits per heavy atom. The number of fused-ring (bicyclic) bond motifs is 3. The number of nitrogens with zero attached hydrogens (tertiary/aromatic N) is 3. The van der Waals surface area contributed by atoms with Gasteiger partial charge in [-0.1, -0.05) is 60.7 Å². The van der Waals surface area contributed by atoms with Crippen LogP contribution in [0.3, 0.4) is 0 Å². The van der Waals surface area contributed by atoms with E-state index < -0.39 is 55.3 Å². The Hall–Kier alpha value is -7.05. The largest absolute Gasteiger partial charge is 0.505 e. The third kappa shape index (κ3) is 11.6. The summed E-state index contributed by atoms with van der Waals surface area (Å²) in [7, 11) is 0. The number of thiophene rings is 3. The van der Waals surface area contributed by atoms with E-state index in [2.05, 4.69) is 62.8 Å². The van der Waals surface area contributed by atoms with Gasteiger partial charge < -0.3 is 46.6 Å². The molecule has 6 heterocycles. The summed E-state index contributed by atoms with van der Waals surface area (Å²) >= 11 is 10.7. The molecule has 0 saturated carbocycles. The zero-order chi connectivity index (χ0) is 46.9. The fourth-order valence-corrected chi connectivity index (χ4v) is 9.98. The Morgan fingerprint density at radius 2 is 1.03 bits per heavy atom. The monoisotopic (exact) mass is 1060 g/mol. The maximum Gasteiger partial charge on any atom is 0.322 e. The van der Waals surface area contributed by atoms with Crippen LogP contribution in [-0.4, -0.2) is 101 Å². The van der Waals surface area contributed by atoms with Crippen LogP contribution in [0.5, 0.6) is 17.2 Å². The number of aromatic hydroxyl groups is 3. The zero-order valence-electron chi connectivity index (χ0n) is 32.7. The summed E-state index contributed by atoms with van der Waals surface area (Å²) in [5.41, 5.74) is 1.78. The summed E-state index contributed by atoms with van der Waals surface area (Å²) in [5.74, 6) is -6.45. The second-order valence-corrected chi connectivity index (χ2v) is 19.0. The molecule has 23 heteroatoms. The minimum atomic E-state index is -1.18. The smallest absolute Gasteiger partial charge is 0.322 e. The minimum Gasteiger partial charge on any atom is -0.505 e. The van der Waals surface area contributed by atoms with E-state index in [-0.39, 0.29) is 34.3 Å². The number of amides is 3. The number of aliphatic carboxylic acids is 3. The van der Waals surface area contributed by atoms with Crippen molar-refractivity contribution in [2.45, 2.75) is 0 Å². The minimum absolute atomic E-state index is 0.182. The molecule has 8 rings (SSSR count). The lowest BCUT2D eigenvalue weighted by Crippen LogP contribution is -2.30. The number of halogens is 2. The van der Waals surface area contributed by atoms with Crippen molar-refractivity contribution < 1.29 is 59.4 Å². The molecule has 0 aliphatic rings. The molecule has 3 amide bonds. The predicted molar refractivity (Wildman–Crippen MR) is 250 cm³/mol. The molecular formula is C42H30Br2N6O12S3. The van der Waals surface area contributed by atoms with Gasteiger partial charge in [-0.25, -0.2) is 15.0 Å². The van der Waals surface area contributed by atoms with Gasteiger partial charge in [0.1, 0.15) is 19.6 Å². The lowest BCUT2D eigenvalue weighted by atomic mass is 10.1. The topological polar surface area (TPSA) is 299 Å². The molecule has 0 radical (unpaired) electrons. The number of nitrogens with one attached hydrogen (secondary N) is 3. The molecule has 0 fully saturated rings. The SMILES string of the molecule is O=C(O)CNC(=O)c1nc(-c2ccccc2)c2sc(-c3ccccc3)cc2c1O.O=C(O)CNC(=O)c1ncc2cc(Br)sc2c1O.O=C(O)CNC(=O)c1ncc2sc(Br)cc2c1O. The van der Waals surface area contributed by atoms with E-state index in [0.29, 0.717) is 26.6 Å². The van der Waals surface area contributed by atoms with Crippen molar-refractivity contribution in [2.24, 2.45) is 0 Å². The van der Waals surface area contributed by atoms with E-state index in [9.17, 15) is 44.1 Å². The van der Waals surface area contributed by atoms with Gasteiger partial charge in [0.2, 0.25) is 0 Å². The first kappa shape index (κ1) is 47.4. The fourth-order valence-electron chi connectivity index (χ4n) is 5.76. The van der Waals surface area contributed by atoms with Crippen LogP contribution >= 0.6 is 65.9 Å². The van der Waals surface area contributed by atoms with E-state index in [4.69, 9.17) is 15.3 Å². The molecule has 0 aliphatic carbocycles. The van der Waals surface area contributed by atoms with E-state index >= 15 is 0 Å². The average molecular weight is 1070 g/mol. The number of hydrogen-bond donors (Lipinski definition) is 9. The van der Waals surface area contributed by atoms with Crippen molar-refractivity contribution in [3.05, 3.63) is 116 Å². The fraction of sp³-hybridized carbons (Fsp3) is 0.0714.